The lowest BCUT2D eigenvalue weighted by atomic mass is 10.0. The number of aryl methyl sites for hydroxylation is 2. The molecule has 7 heteroatoms. The second-order valence-corrected chi connectivity index (χ2v) is 6.44. The first-order chi connectivity index (χ1) is 11.0. The standard InChI is InChI=1S/C16H24N4O2S/c1-5-13-15(22)17-8-9-20(13)14(21)7-6-12-10(2)18-16(23-4)19-11(12)3/h13H,5-9H2,1-4H3,(H,17,22). The third-order valence-corrected chi connectivity index (χ3v) is 4.76. The van der Waals surface area contributed by atoms with Crippen LogP contribution in [0.15, 0.2) is 5.16 Å². The average molecular weight is 336 g/mol. The molecule has 1 unspecified atom stereocenters. The summed E-state index contributed by atoms with van der Waals surface area (Å²) in [4.78, 5) is 35.0. The molecule has 2 heterocycles. The summed E-state index contributed by atoms with van der Waals surface area (Å²) < 4.78 is 0. The Bertz CT molecular complexity index is 583. The van der Waals surface area contributed by atoms with E-state index >= 15 is 0 Å². The molecule has 2 amide bonds. The molecule has 126 valence electrons. The zero-order valence-corrected chi connectivity index (χ0v) is 15.0. The predicted molar refractivity (Wildman–Crippen MR) is 90.4 cm³/mol. The molecule has 1 aromatic rings. The second-order valence-electron chi connectivity index (χ2n) is 5.66. The summed E-state index contributed by atoms with van der Waals surface area (Å²) in [5.74, 6) is -0.0217. The Labute approximate surface area is 141 Å². The second kappa shape index (κ2) is 7.77. The number of thioether (sulfide) groups is 1. The molecule has 1 atom stereocenters. The first-order valence-corrected chi connectivity index (χ1v) is 9.15. The third kappa shape index (κ3) is 4.02. The van der Waals surface area contributed by atoms with Crippen molar-refractivity contribution in [2.75, 3.05) is 19.3 Å². The summed E-state index contributed by atoms with van der Waals surface area (Å²) in [6.45, 7) is 6.96. The summed E-state index contributed by atoms with van der Waals surface area (Å²) in [5.41, 5.74) is 2.89. The number of piperazine rings is 1. The van der Waals surface area contributed by atoms with Crippen molar-refractivity contribution in [2.24, 2.45) is 0 Å². The Morgan fingerprint density at radius 2 is 2.00 bits per heavy atom. The minimum absolute atomic E-state index is 0.0273. The summed E-state index contributed by atoms with van der Waals surface area (Å²) in [6, 6.07) is -0.339. The van der Waals surface area contributed by atoms with Crippen LogP contribution in [0.5, 0.6) is 0 Å². The van der Waals surface area contributed by atoms with Gasteiger partial charge < -0.3 is 10.2 Å². The van der Waals surface area contributed by atoms with Crippen LogP contribution in [-0.2, 0) is 16.0 Å². The van der Waals surface area contributed by atoms with Crippen molar-refractivity contribution in [2.45, 2.75) is 51.2 Å². The van der Waals surface area contributed by atoms with E-state index in [-0.39, 0.29) is 17.9 Å². The third-order valence-electron chi connectivity index (χ3n) is 4.21. The van der Waals surface area contributed by atoms with E-state index in [0.29, 0.717) is 32.4 Å². The highest BCUT2D eigenvalue weighted by Crippen LogP contribution is 2.18. The smallest absolute Gasteiger partial charge is 0.242 e. The molecule has 1 aromatic heterocycles. The van der Waals surface area contributed by atoms with Crippen LogP contribution in [0.2, 0.25) is 0 Å². The molecule has 1 aliphatic heterocycles. The minimum atomic E-state index is -0.339. The van der Waals surface area contributed by atoms with Gasteiger partial charge in [-0.25, -0.2) is 9.97 Å². The maximum Gasteiger partial charge on any atom is 0.242 e. The lowest BCUT2D eigenvalue weighted by Gasteiger charge is -2.34. The molecule has 0 aliphatic carbocycles. The fourth-order valence-corrected chi connectivity index (χ4v) is 3.41. The largest absolute Gasteiger partial charge is 0.353 e. The van der Waals surface area contributed by atoms with Gasteiger partial charge in [-0.1, -0.05) is 18.7 Å². The first kappa shape index (κ1) is 17.7. The van der Waals surface area contributed by atoms with E-state index in [2.05, 4.69) is 15.3 Å². The van der Waals surface area contributed by atoms with E-state index in [1.165, 1.54) is 11.8 Å². The lowest BCUT2D eigenvalue weighted by molar-refractivity contribution is -0.143. The highest BCUT2D eigenvalue weighted by molar-refractivity contribution is 7.98. The van der Waals surface area contributed by atoms with Gasteiger partial charge >= 0.3 is 0 Å². The molecule has 23 heavy (non-hydrogen) atoms. The van der Waals surface area contributed by atoms with Gasteiger partial charge in [-0.05, 0) is 38.5 Å². The Hall–Kier alpha value is -1.63. The number of nitrogens with zero attached hydrogens (tertiary/aromatic N) is 3. The lowest BCUT2D eigenvalue weighted by Crippen LogP contribution is -2.56. The molecule has 0 bridgehead atoms. The quantitative estimate of drug-likeness (QED) is 0.651. The Morgan fingerprint density at radius 1 is 1.35 bits per heavy atom. The Balaban J connectivity index is 2.06. The number of hydrogen-bond acceptors (Lipinski definition) is 5. The van der Waals surface area contributed by atoms with Crippen molar-refractivity contribution in [3.63, 3.8) is 0 Å². The summed E-state index contributed by atoms with van der Waals surface area (Å²) in [6.07, 6.45) is 3.58. The van der Waals surface area contributed by atoms with E-state index in [1.54, 1.807) is 4.90 Å². The van der Waals surface area contributed by atoms with Crippen molar-refractivity contribution in [3.05, 3.63) is 17.0 Å². The van der Waals surface area contributed by atoms with Gasteiger partial charge in [0.15, 0.2) is 5.16 Å². The molecule has 0 radical (unpaired) electrons. The van der Waals surface area contributed by atoms with Crippen molar-refractivity contribution >= 4 is 23.6 Å². The average Bonchev–Trinajstić information content (AvgIpc) is 2.53. The van der Waals surface area contributed by atoms with Gasteiger partial charge in [0.05, 0.1) is 0 Å². The molecule has 0 spiro atoms. The van der Waals surface area contributed by atoms with E-state index < -0.39 is 0 Å². The number of carbonyl (C=O) groups excluding carboxylic acids is 2. The number of hydrogen-bond donors (Lipinski definition) is 1. The molecule has 2 rings (SSSR count). The molecular weight excluding hydrogens is 312 g/mol. The van der Waals surface area contributed by atoms with Crippen LogP contribution in [-0.4, -0.2) is 52.1 Å². The molecule has 1 aliphatic rings. The van der Waals surface area contributed by atoms with E-state index in [9.17, 15) is 9.59 Å². The number of amides is 2. The highest BCUT2D eigenvalue weighted by atomic mass is 32.2. The van der Waals surface area contributed by atoms with E-state index in [0.717, 1.165) is 22.1 Å². The summed E-state index contributed by atoms with van der Waals surface area (Å²) >= 11 is 1.51. The number of carbonyl (C=O) groups is 2. The Kier molecular flexibility index (Phi) is 5.98. The summed E-state index contributed by atoms with van der Waals surface area (Å²) in [5, 5.41) is 3.58. The van der Waals surface area contributed by atoms with Crippen molar-refractivity contribution < 1.29 is 9.59 Å². The fraction of sp³-hybridized carbons (Fsp3) is 0.625. The van der Waals surface area contributed by atoms with E-state index in [4.69, 9.17) is 0 Å². The normalized spacial score (nSPS) is 18.0. The van der Waals surface area contributed by atoms with Gasteiger partial charge in [-0.2, -0.15) is 0 Å². The zero-order valence-electron chi connectivity index (χ0n) is 14.2. The van der Waals surface area contributed by atoms with Gasteiger partial charge in [0.1, 0.15) is 6.04 Å². The van der Waals surface area contributed by atoms with Crippen LogP contribution < -0.4 is 5.32 Å². The Morgan fingerprint density at radius 3 is 2.57 bits per heavy atom. The van der Waals surface area contributed by atoms with Crippen LogP contribution in [0.25, 0.3) is 0 Å². The highest BCUT2D eigenvalue weighted by Gasteiger charge is 2.31. The fourth-order valence-electron chi connectivity index (χ4n) is 2.96. The SMILES string of the molecule is CCC1C(=O)NCCN1C(=O)CCc1c(C)nc(SC)nc1C. The molecule has 1 fully saturated rings. The van der Waals surface area contributed by atoms with Gasteiger partial charge in [0.25, 0.3) is 0 Å². The van der Waals surface area contributed by atoms with Gasteiger partial charge in [-0.3, -0.25) is 9.59 Å². The number of aromatic nitrogens is 2. The van der Waals surface area contributed by atoms with Crippen molar-refractivity contribution in [1.29, 1.82) is 0 Å². The first-order valence-electron chi connectivity index (χ1n) is 7.93. The van der Waals surface area contributed by atoms with Crippen LogP contribution in [0.1, 0.15) is 36.7 Å². The van der Waals surface area contributed by atoms with Crippen LogP contribution in [0.4, 0.5) is 0 Å². The molecular formula is C16H24N4O2S. The minimum Gasteiger partial charge on any atom is -0.353 e. The van der Waals surface area contributed by atoms with Gasteiger partial charge in [0.2, 0.25) is 11.8 Å². The molecule has 1 saturated heterocycles. The van der Waals surface area contributed by atoms with Gasteiger partial charge in [-0.15, -0.1) is 0 Å². The molecule has 1 N–H and O–H groups in total. The van der Waals surface area contributed by atoms with Crippen molar-refractivity contribution in [3.8, 4) is 0 Å². The maximum absolute atomic E-state index is 12.5. The number of nitrogens with one attached hydrogen (secondary N) is 1. The summed E-state index contributed by atoms with van der Waals surface area (Å²) in [7, 11) is 0. The van der Waals surface area contributed by atoms with E-state index in [1.807, 2.05) is 27.0 Å². The zero-order chi connectivity index (χ0) is 17.0. The van der Waals surface area contributed by atoms with Crippen LogP contribution in [0, 0.1) is 13.8 Å². The maximum atomic E-state index is 12.5. The topological polar surface area (TPSA) is 75.2 Å². The van der Waals surface area contributed by atoms with Crippen LogP contribution >= 0.6 is 11.8 Å². The molecule has 6 nitrogen and oxygen atoms in total. The van der Waals surface area contributed by atoms with Crippen molar-refractivity contribution in [1.82, 2.24) is 20.2 Å². The van der Waals surface area contributed by atoms with Gasteiger partial charge in [0, 0.05) is 30.9 Å². The number of rotatable bonds is 5. The molecule has 0 aromatic carbocycles. The monoisotopic (exact) mass is 336 g/mol. The van der Waals surface area contributed by atoms with Crippen LogP contribution in [0.3, 0.4) is 0 Å². The molecule has 0 saturated carbocycles. The predicted octanol–water partition coefficient (Wildman–Crippen LogP) is 1.48.